The number of aromatic nitrogens is 1. The standard InChI is InChI=1S/C22H26N2O3S/c1-3-22(4-2,13-20(25)26)21(27)23-17-7-5-6-15(12-17)8-11-19-24-18(14-28-19)16-9-10-16/h5-8,11-12,14,16H,3-4,9-10,13H2,1-2H3,(H,23,27)(H,25,26)/b11-8+. The van der Waals surface area contributed by atoms with Crippen molar-refractivity contribution in [3.05, 3.63) is 45.9 Å². The number of nitrogens with zero attached hydrogens (tertiary/aromatic N) is 1. The van der Waals surface area contributed by atoms with Gasteiger partial charge in [0.1, 0.15) is 5.01 Å². The monoisotopic (exact) mass is 398 g/mol. The number of rotatable bonds is 9. The summed E-state index contributed by atoms with van der Waals surface area (Å²) < 4.78 is 0. The molecule has 0 radical (unpaired) electrons. The highest BCUT2D eigenvalue weighted by Crippen LogP contribution is 2.40. The molecule has 1 aliphatic rings. The highest BCUT2D eigenvalue weighted by Gasteiger charge is 2.37. The molecule has 0 bridgehead atoms. The molecule has 5 nitrogen and oxygen atoms in total. The molecule has 0 saturated heterocycles. The quantitative estimate of drug-likeness (QED) is 0.592. The van der Waals surface area contributed by atoms with Gasteiger partial charge in [-0.05, 0) is 49.5 Å². The number of carboxylic acids is 1. The second-order valence-corrected chi connectivity index (χ2v) is 8.25. The normalized spacial score (nSPS) is 14.4. The van der Waals surface area contributed by atoms with E-state index >= 15 is 0 Å². The Labute approximate surface area is 169 Å². The van der Waals surface area contributed by atoms with E-state index in [4.69, 9.17) is 0 Å². The fourth-order valence-electron chi connectivity index (χ4n) is 3.29. The Morgan fingerprint density at radius 3 is 2.68 bits per heavy atom. The van der Waals surface area contributed by atoms with Gasteiger partial charge < -0.3 is 10.4 Å². The molecule has 1 aliphatic carbocycles. The number of amides is 1. The lowest BCUT2D eigenvalue weighted by Crippen LogP contribution is -2.37. The van der Waals surface area contributed by atoms with E-state index in [1.54, 1.807) is 11.3 Å². The van der Waals surface area contributed by atoms with Gasteiger partial charge in [-0.15, -0.1) is 11.3 Å². The van der Waals surface area contributed by atoms with Crippen LogP contribution in [0.2, 0.25) is 0 Å². The van der Waals surface area contributed by atoms with Gasteiger partial charge in [0.15, 0.2) is 0 Å². The van der Waals surface area contributed by atoms with Gasteiger partial charge in [-0.2, -0.15) is 0 Å². The number of thiazole rings is 1. The summed E-state index contributed by atoms with van der Waals surface area (Å²) in [6.07, 6.45) is 7.25. The highest BCUT2D eigenvalue weighted by molar-refractivity contribution is 7.10. The zero-order valence-corrected chi connectivity index (χ0v) is 17.1. The first-order chi connectivity index (χ1) is 13.5. The molecule has 0 aliphatic heterocycles. The van der Waals surface area contributed by atoms with E-state index in [0.717, 1.165) is 10.6 Å². The largest absolute Gasteiger partial charge is 0.481 e. The summed E-state index contributed by atoms with van der Waals surface area (Å²) in [6.45, 7) is 3.71. The van der Waals surface area contributed by atoms with Gasteiger partial charge in [0.05, 0.1) is 17.5 Å². The van der Waals surface area contributed by atoms with Crippen molar-refractivity contribution in [3.8, 4) is 0 Å². The molecule has 0 atom stereocenters. The smallest absolute Gasteiger partial charge is 0.304 e. The van der Waals surface area contributed by atoms with Crippen LogP contribution >= 0.6 is 11.3 Å². The molecule has 28 heavy (non-hydrogen) atoms. The maximum absolute atomic E-state index is 12.8. The number of carboxylic acid groups (broad SMARTS) is 1. The van der Waals surface area contributed by atoms with Crippen molar-refractivity contribution in [1.29, 1.82) is 0 Å². The Morgan fingerprint density at radius 1 is 1.29 bits per heavy atom. The van der Waals surface area contributed by atoms with Gasteiger partial charge in [0, 0.05) is 17.0 Å². The van der Waals surface area contributed by atoms with Crippen LogP contribution in [0, 0.1) is 5.41 Å². The zero-order chi connectivity index (χ0) is 20.1. The molecular weight excluding hydrogens is 372 g/mol. The number of hydrogen-bond donors (Lipinski definition) is 2. The summed E-state index contributed by atoms with van der Waals surface area (Å²) in [7, 11) is 0. The molecule has 0 unspecified atom stereocenters. The number of nitrogens with one attached hydrogen (secondary N) is 1. The van der Waals surface area contributed by atoms with Gasteiger partial charge >= 0.3 is 5.97 Å². The molecule has 3 rings (SSSR count). The van der Waals surface area contributed by atoms with Crippen molar-refractivity contribution in [3.63, 3.8) is 0 Å². The van der Waals surface area contributed by atoms with E-state index in [1.807, 2.05) is 50.3 Å². The van der Waals surface area contributed by atoms with Gasteiger partial charge in [-0.25, -0.2) is 4.98 Å². The van der Waals surface area contributed by atoms with Gasteiger partial charge in [0.2, 0.25) is 5.91 Å². The summed E-state index contributed by atoms with van der Waals surface area (Å²) in [5.41, 5.74) is 1.93. The van der Waals surface area contributed by atoms with Gasteiger partial charge in [-0.1, -0.05) is 32.1 Å². The number of carbonyl (C=O) groups excluding carboxylic acids is 1. The second kappa shape index (κ2) is 8.69. The SMILES string of the molecule is CCC(CC)(CC(=O)O)C(=O)Nc1cccc(/C=C/c2nc(C3CC3)cs2)c1. The summed E-state index contributed by atoms with van der Waals surface area (Å²) in [6, 6.07) is 7.55. The minimum absolute atomic E-state index is 0.168. The molecular formula is C22H26N2O3S. The molecule has 0 spiro atoms. The lowest BCUT2D eigenvalue weighted by Gasteiger charge is -2.28. The van der Waals surface area contributed by atoms with Crippen LogP contribution in [-0.4, -0.2) is 22.0 Å². The lowest BCUT2D eigenvalue weighted by atomic mass is 9.78. The van der Waals surface area contributed by atoms with E-state index in [-0.39, 0.29) is 12.3 Å². The molecule has 6 heteroatoms. The number of hydrogen-bond acceptors (Lipinski definition) is 4. The van der Waals surface area contributed by atoms with Crippen molar-refractivity contribution in [2.24, 2.45) is 5.41 Å². The average Bonchev–Trinajstić information content (AvgIpc) is 3.42. The molecule has 1 fully saturated rings. The van der Waals surface area contributed by atoms with Gasteiger partial charge in [0.25, 0.3) is 0 Å². The van der Waals surface area contributed by atoms with Crippen LogP contribution < -0.4 is 5.32 Å². The Bertz CT molecular complexity index is 879. The molecule has 148 valence electrons. The van der Waals surface area contributed by atoms with Crippen LogP contribution in [0.5, 0.6) is 0 Å². The Hall–Kier alpha value is -2.47. The number of anilines is 1. The number of benzene rings is 1. The van der Waals surface area contributed by atoms with E-state index in [9.17, 15) is 14.7 Å². The summed E-state index contributed by atoms with van der Waals surface area (Å²) >= 11 is 1.64. The fraction of sp³-hybridized carbons (Fsp3) is 0.409. The minimum atomic E-state index is -0.954. The van der Waals surface area contributed by atoms with E-state index in [0.29, 0.717) is 24.4 Å². The third-order valence-electron chi connectivity index (χ3n) is 5.42. The summed E-state index contributed by atoms with van der Waals surface area (Å²) in [4.78, 5) is 28.7. The predicted molar refractivity (Wildman–Crippen MR) is 113 cm³/mol. The van der Waals surface area contributed by atoms with Crippen molar-refractivity contribution in [2.45, 2.75) is 51.9 Å². The topological polar surface area (TPSA) is 79.3 Å². The van der Waals surface area contributed by atoms with Crippen molar-refractivity contribution < 1.29 is 14.7 Å². The molecule has 1 saturated carbocycles. The maximum atomic E-state index is 12.8. The summed E-state index contributed by atoms with van der Waals surface area (Å²) in [5.74, 6) is -0.542. The first-order valence-corrected chi connectivity index (χ1v) is 10.6. The fourth-order valence-corrected chi connectivity index (χ4v) is 4.08. The first kappa shape index (κ1) is 20.3. The lowest BCUT2D eigenvalue weighted by molar-refractivity contribution is -0.144. The third-order valence-corrected chi connectivity index (χ3v) is 6.25. The van der Waals surface area contributed by atoms with Crippen LogP contribution in [0.3, 0.4) is 0 Å². The van der Waals surface area contributed by atoms with Gasteiger partial charge in [-0.3, -0.25) is 9.59 Å². The van der Waals surface area contributed by atoms with Crippen LogP contribution in [0.15, 0.2) is 29.6 Å². The number of carbonyl (C=O) groups is 2. The molecule has 1 aromatic heterocycles. The average molecular weight is 399 g/mol. The van der Waals surface area contributed by atoms with Crippen LogP contribution in [-0.2, 0) is 9.59 Å². The van der Waals surface area contributed by atoms with E-state index in [1.165, 1.54) is 18.5 Å². The predicted octanol–water partition coefficient (Wildman–Crippen LogP) is 5.41. The van der Waals surface area contributed by atoms with Crippen molar-refractivity contribution >= 4 is 41.1 Å². The molecule has 1 amide bonds. The summed E-state index contributed by atoms with van der Waals surface area (Å²) in [5, 5.41) is 15.2. The van der Waals surface area contributed by atoms with E-state index in [2.05, 4.69) is 15.7 Å². The Kier molecular flexibility index (Phi) is 6.29. The molecule has 2 aromatic rings. The second-order valence-electron chi connectivity index (χ2n) is 7.36. The Balaban J connectivity index is 1.70. The molecule has 1 aromatic carbocycles. The molecule has 2 N–H and O–H groups in total. The minimum Gasteiger partial charge on any atom is -0.481 e. The van der Waals surface area contributed by atoms with Crippen LogP contribution in [0.25, 0.3) is 12.2 Å². The number of aliphatic carboxylic acids is 1. The van der Waals surface area contributed by atoms with Crippen LogP contribution in [0.4, 0.5) is 5.69 Å². The van der Waals surface area contributed by atoms with Crippen molar-refractivity contribution in [1.82, 2.24) is 4.98 Å². The first-order valence-electron chi connectivity index (χ1n) is 9.72. The van der Waals surface area contributed by atoms with E-state index < -0.39 is 11.4 Å². The van der Waals surface area contributed by atoms with Crippen molar-refractivity contribution in [2.75, 3.05) is 5.32 Å². The van der Waals surface area contributed by atoms with Crippen LogP contribution in [0.1, 0.15) is 68.1 Å². The third kappa shape index (κ3) is 4.87. The zero-order valence-electron chi connectivity index (χ0n) is 16.3. The molecule has 1 heterocycles. The maximum Gasteiger partial charge on any atom is 0.304 e. The Morgan fingerprint density at radius 2 is 2.04 bits per heavy atom. The highest BCUT2D eigenvalue weighted by atomic mass is 32.1.